The minimum atomic E-state index is -0.664. The Morgan fingerprint density at radius 3 is 2.73 bits per heavy atom. The van der Waals surface area contributed by atoms with Crippen LogP contribution in [-0.2, 0) is 16.0 Å². The van der Waals surface area contributed by atoms with Crippen molar-refractivity contribution in [1.82, 2.24) is 4.90 Å². The minimum Gasteiger partial charge on any atom is -0.472 e. The zero-order valence-electron chi connectivity index (χ0n) is 12.3. The third kappa shape index (κ3) is 2.74. The Kier molecular flexibility index (Phi) is 3.96. The molecule has 0 saturated carbocycles. The molecule has 2 heterocycles. The first-order valence-corrected chi connectivity index (χ1v) is 7.18. The van der Waals surface area contributed by atoms with Crippen LogP contribution in [0.4, 0.5) is 4.79 Å². The number of carbonyl (C=O) groups is 2. The largest absolute Gasteiger partial charge is 0.472 e. The summed E-state index contributed by atoms with van der Waals surface area (Å²) < 4.78 is 10.2. The van der Waals surface area contributed by atoms with Gasteiger partial charge in [0.2, 0.25) is 0 Å². The highest BCUT2D eigenvalue weighted by molar-refractivity contribution is 5.87. The second kappa shape index (κ2) is 6.05. The fourth-order valence-corrected chi connectivity index (χ4v) is 2.85. The lowest BCUT2D eigenvalue weighted by atomic mass is 10.0. The zero-order valence-corrected chi connectivity index (χ0v) is 12.3. The topological polar surface area (TPSA) is 59.8 Å². The Labute approximate surface area is 128 Å². The molecular weight excluding hydrogens is 282 g/mol. The fourth-order valence-electron chi connectivity index (χ4n) is 2.85. The van der Waals surface area contributed by atoms with E-state index in [0.717, 1.165) is 5.56 Å². The number of hydrogen-bond donors (Lipinski definition) is 0. The van der Waals surface area contributed by atoms with E-state index in [-0.39, 0.29) is 18.4 Å². The van der Waals surface area contributed by atoms with Gasteiger partial charge >= 0.3 is 6.09 Å². The molecule has 3 rings (SSSR count). The van der Waals surface area contributed by atoms with E-state index >= 15 is 0 Å². The molecule has 1 fully saturated rings. The first-order valence-electron chi connectivity index (χ1n) is 7.18. The minimum absolute atomic E-state index is 0.113. The second-order valence-corrected chi connectivity index (χ2v) is 5.40. The summed E-state index contributed by atoms with van der Waals surface area (Å²) in [5.41, 5.74) is 1.77. The number of benzene rings is 1. The smallest absolute Gasteiger partial charge is 0.411 e. The summed E-state index contributed by atoms with van der Waals surface area (Å²) in [6.45, 7) is 1.76. The van der Waals surface area contributed by atoms with Crippen LogP contribution in [0.1, 0.15) is 24.1 Å². The third-order valence-corrected chi connectivity index (χ3v) is 3.84. The van der Waals surface area contributed by atoms with E-state index < -0.39 is 12.1 Å². The Bertz CT molecular complexity index is 651. The SMILES string of the molecule is CC(=O)C(c1ccoc1)N1C(=O)OCC1Cc1ccccc1. The van der Waals surface area contributed by atoms with E-state index in [4.69, 9.17) is 9.15 Å². The summed E-state index contributed by atoms with van der Waals surface area (Å²) in [4.78, 5) is 25.7. The highest BCUT2D eigenvalue weighted by Gasteiger charge is 2.41. The predicted molar refractivity (Wildman–Crippen MR) is 79.3 cm³/mol. The van der Waals surface area contributed by atoms with Gasteiger partial charge in [0.05, 0.1) is 18.6 Å². The molecule has 0 aliphatic carbocycles. The van der Waals surface area contributed by atoms with Crippen molar-refractivity contribution >= 4 is 11.9 Å². The molecule has 5 nitrogen and oxygen atoms in total. The Morgan fingerprint density at radius 2 is 2.09 bits per heavy atom. The van der Waals surface area contributed by atoms with Gasteiger partial charge in [-0.05, 0) is 25.0 Å². The lowest BCUT2D eigenvalue weighted by Crippen LogP contribution is -2.41. The molecular formula is C17H17NO4. The first kappa shape index (κ1) is 14.4. The molecule has 0 radical (unpaired) electrons. The molecule has 1 saturated heterocycles. The number of Topliss-reactive ketones (excluding diaryl/α,β-unsaturated/α-hetero) is 1. The summed E-state index contributed by atoms with van der Waals surface area (Å²) in [7, 11) is 0. The summed E-state index contributed by atoms with van der Waals surface area (Å²) in [6, 6.07) is 10.7. The van der Waals surface area contributed by atoms with E-state index in [1.807, 2.05) is 30.3 Å². The van der Waals surface area contributed by atoms with Crippen molar-refractivity contribution in [2.24, 2.45) is 0 Å². The summed E-state index contributed by atoms with van der Waals surface area (Å²) in [5, 5.41) is 0. The molecule has 1 aliphatic rings. The highest BCUT2D eigenvalue weighted by atomic mass is 16.6. The van der Waals surface area contributed by atoms with Gasteiger partial charge in [-0.1, -0.05) is 30.3 Å². The number of nitrogens with zero attached hydrogens (tertiary/aromatic N) is 1. The summed E-state index contributed by atoms with van der Waals surface area (Å²) >= 11 is 0. The van der Waals surface area contributed by atoms with Crippen LogP contribution in [0.15, 0.2) is 53.3 Å². The molecule has 2 unspecified atom stereocenters. The van der Waals surface area contributed by atoms with Crippen molar-refractivity contribution in [3.63, 3.8) is 0 Å². The third-order valence-electron chi connectivity index (χ3n) is 3.84. The fraction of sp³-hybridized carbons (Fsp3) is 0.294. The van der Waals surface area contributed by atoms with Crippen molar-refractivity contribution in [1.29, 1.82) is 0 Å². The molecule has 1 amide bonds. The number of hydrogen-bond acceptors (Lipinski definition) is 4. The van der Waals surface area contributed by atoms with Crippen molar-refractivity contribution in [2.45, 2.75) is 25.4 Å². The van der Waals surface area contributed by atoms with Crippen LogP contribution < -0.4 is 0 Å². The average Bonchev–Trinajstić information content (AvgIpc) is 3.14. The molecule has 1 aromatic carbocycles. The molecule has 0 bridgehead atoms. The van der Waals surface area contributed by atoms with Gasteiger partial charge in [0.15, 0.2) is 5.78 Å². The lowest BCUT2D eigenvalue weighted by Gasteiger charge is -2.28. The summed E-state index contributed by atoms with van der Waals surface area (Å²) in [5.74, 6) is -0.113. The van der Waals surface area contributed by atoms with Crippen LogP contribution in [0.3, 0.4) is 0 Å². The van der Waals surface area contributed by atoms with Crippen molar-refractivity contribution in [2.75, 3.05) is 6.61 Å². The van der Waals surface area contributed by atoms with Crippen molar-refractivity contribution < 1.29 is 18.7 Å². The number of ketones is 1. The Morgan fingerprint density at radius 1 is 1.32 bits per heavy atom. The van der Waals surface area contributed by atoms with Gasteiger partial charge in [-0.15, -0.1) is 0 Å². The normalized spacial score (nSPS) is 19.0. The van der Waals surface area contributed by atoms with E-state index in [1.54, 1.807) is 6.07 Å². The monoisotopic (exact) mass is 299 g/mol. The molecule has 1 aromatic heterocycles. The van der Waals surface area contributed by atoms with E-state index in [9.17, 15) is 9.59 Å². The van der Waals surface area contributed by atoms with Crippen LogP contribution in [0.2, 0.25) is 0 Å². The maximum Gasteiger partial charge on any atom is 0.411 e. The molecule has 2 aromatic rings. The van der Waals surface area contributed by atoms with Gasteiger partial charge in [0.1, 0.15) is 12.6 Å². The second-order valence-electron chi connectivity index (χ2n) is 5.40. The van der Waals surface area contributed by atoms with E-state index in [1.165, 1.54) is 24.3 Å². The number of amides is 1. The molecule has 0 spiro atoms. The zero-order chi connectivity index (χ0) is 15.5. The van der Waals surface area contributed by atoms with Crippen LogP contribution in [-0.4, -0.2) is 29.4 Å². The summed E-state index contributed by atoms with van der Waals surface area (Å²) in [6.07, 6.45) is 3.19. The van der Waals surface area contributed by atoms with Crippen molar-refractivity contribution in [3.8, 4) is 0 Å². The highest BCUT2D eigenvalue weighted by Crippen LogP contribution is 2.30. The predicted octanol–water partition coefficient (Wildman–Crippen LogP) is 2.97. The van der Waals surface area contributed by atoms with Gasteiger partial charge < -0.3 is 9.15 Å². The molecule has 5 heteroatoms. The van der Waals surface area contributed by atoms with Gasteiger partial charge in [0.25, 0.3) is 0 Å². The van der Waals surface area contributed by atoms with Gasteiger partial charge in [-0.3, -0.25) is 9.69 Å². The number of carbonyl (C=O) groups excluding carboxylic acids is 2. The molecule has 0 N–H and O–H groups in total. The van der Waals surface area contributed by atoms with Crippen LogP contribution in [0.5, 0.6) is 0 Å². The van der Waals surface area contributed by atoms with Gasteiger partial charge in [-0.25, -0.2) is 4.79 Å². The van der Waals surface area contributed by atoms with E-state index in [2.05, 4.69) is 0 Å². The number of rotatable bonds is 5. The van der Waals surface area contributed by atoms with E-state index in [0.29, 0.717) is 12.0 Å². The Hall–Kier alpha value is -2.56. The molecule has 114 valence electrons. The Balaban J connectivity index is 1.88. The number of ether oxygens (including phenoxy) is 1. The van der Waals surface area contributed by atoms with Crippen LogP contribution >= 0.6 is 0 Å². The maximum atomic E-state index is 12.1. The standard InChI is InChI=1S/C17H17NO4/c1-12(19)16(14-7-8-21-10-14)18-15(11-22-17(18)20)9-13-5-3-2-4-6-13/h2-8,10,15-16H,9,11H2,1H3. The van der Waals surface area contributed by atoms with Crippen LogP contribution in [0.25, 0.3) is 0 Å². The average molecular weight is 299 g/mol. The number of cyclic esters (lactones) is 1. The lowest BCUT2D eigenvalue weighted by molar-refractivity contribution is -0.121. The quantitative estimate of drug-likeness (QED) is 0.851. The molecule has 22 heavy (non-hydrogen) atoms. The van der Waals surface area contributed by atoms with Gasteiger partial charge in [-0.2, -0.15) is 0 Å². The maximum absolute atomic E-state index is 12.1. The van der Waals surface area contributed by atoms with Gasteiger partial charge in [0, 0.05) is 5.56 Å². The first-order chi connectivity index (χ1) is 10.7. The molecule has 2 atom stereocenters. The van der Waals surface area contributed by atoms with Crippen molar-refractivity contribution in [3.05, 3.63) is 60.1 Å². The molecule has 1 aliphatic heterocycles. The van der Waals surface area contributed by atoms with Crippen LogP contribution in [0, 0.1) is 0 Å². The number of furan rings is 1.